The molecular weight excluding hydrogens is 518 g/mol. The zero-order valence-corrected chi connectivity index (χ0v) is 22.2. The van der Waals surface area contributed by atoms with E-state index in [1.165, 1.54) is 10.6 Å². The molecule has 0 unspecified atom stereocenters. The lowest BCUT2D eigenvalue weighted by Gasteiger charge is -2.20. The molecule has 1 aromatic heterocycles. The number of halogens is 2. The number of carboxylic acid groups (broad SMARTS) is 1. The molecule has 0 radical (unpaired) electrons. The maximum Gasteiger partial charge on any atom is 0.337 e. The molecule has 1 atom stereocenters. The second-order valence-corrected chi connectivity index (χ2v) is 10.2. The van der Waals surface area contributed by atoms with Gasteiger partial charge in [-0.25, -0.2) is 18.6 Å². The zero-order chi connectivity index (χ0) is 28.8. The molecule has 1 fully saturated rings. The summed E-state index contributed by atoms with van der Waals surface area (Å²) in [6.45, 7) is 3.15. The third-order valence-electron chi connectivity index (χ3n) is 7.20. The topological polar surface area (TPSA) is 105 Å². The van der Waals surface area contributed by atoms with E-state index in [0.717, 1.165) is 16.0 Å². The summed E-state index contributed by atoms with van der Waals surface area (Å²) < 4.78 is 28.6. The van der Waals surface area contributed by atoms with Crippen LogP contribution in [0, 0.1) is 6.92 Å². The SMILES string of the molecule is Cc1cc([C@@H](C)Nc2ccccc2C(=O)O)c2nc(-c3ccc(C(=O)N4CCC(F)(F)C4)cc3)n(C)c(=O)c2c1. The molecular formula is C30H28F2N4O4. The maximum absolute atomic E-state index is 13.6. The molecule has 3 aromatic carbocycles. The summed E-state index contributed by atoms with van der Waals surface area (Å²) in [5.74, 6) is -4.03. The molecule has 10 heteroatoms. The first-order valence-electron chi connectivity index (χ1n) is 12.8. The number of hydrogen-bond donors (Lipinski definition) is 2. The molecule has 0 saturated carbocycles. The van der Waals surface area contributed by atoms with Gasteiger partial charge in [-0.15, -0.1) is 0 Å². The normalized spacial score (nSPS) is 15.3. The smallest absolute Gasteiger partial charge is 0.337 e. The predicted molar refractivity (Wildman–Crippen MR) is 148 cm³/mol. The van der Waals surface area contributed by atoms with Crippen LogP contribution in [-0.2, 0) is 7.05 Å². The number of fused-ring (bicyclic) bond motifs is 1. The van der Waals surface area contributed by atoms with Gasteiger partial charge in [-0.2, -0.15) is 0 Å². The van der Waals surface area contributed by atoms with Crippen LogP contribution in [0.3, 0.4) is 0 Å². The van der Waals surface area contributed by atoms with Crippen LogP contribution < -0.4 is 10.9 Å². The van der Waals surface area contributed by atoms with Crippen molar-refractivity contribution in [3.63, 3.8) is 0 Å². The first-order valence-corrected chi connectivity index (χ1v) is 12.8. The van der Waals surface area contributed by atoms with Gasteiger partial charge in [0, 0.05) is 42.4 Å². The fourth-order valence-electron chi connectivity index (χ4n) is 5.10. The van der Waals surface area contributed by atoms with Gasteiger partial charge in [-0.3, -0.25) is 14.2 Å². The van der Waals surface area contributed by atoms with Crippen LogP contribution in [-0.4, -0.2) is 50.4 Å². The van der Waals surface area contributed by atoms with Crippen molar-refractivity contribution in [1.29, 1.82) is 0 Å². The Labute approximate surface area is 228 Å². The first kappa shape index (κ1) is 27.0. The van der Waals surface area contributed by atoms with E-state index in [4.69, 9.17) is 4.98 Å². The van der Waals surface area contributed by atoms with Gasteiger partial charge in [0.1, 0.15) is 5.82 Å². The van der Waals surface area contributed by atoms with Crippen molar-refractivity contribution in [2.24, 2.45) is 7.05 Å². The number of nitrogens with one attached hydrogen (secondary N) is 1. The summed E-state index contributed by atoms with van der Waals surface area (Å²) >= 11 is 0. The number of para-hydroxylation sites is 1. The fraction of sp³-hybridized carbons (Fsp3) is 0.267. The Bertz CT molecular complexity index is 1700. The molecule has 5 rings (SSSR count). The van der Waals surface area contributed by atoms with Crippen molar-refractivity contribution in [3.05, 3.63) is 93.3 Å². The van der Waals surface area contributed by atoms with Crippen LogP contribution in [0.2, 0.25) is 0 Å². The summed E-state index contributed by atoms with van der Waals surface area (Å²) in [5.41, 5.74) is 3.20. The minimum absolute atomic E-state index is 0.000328. The van der Waals surface area contributed by atoms with Crippen molar-refractivity contribution in [2.45, 2.75) is 32.2 Å². The van der Waals surface area contributed by atoms with E-state index in [9.17, 15) is 28.3 Å². The Morgan fingerprint density at radius 1 is 1.10 bits per heavy atom. The van der Waals surface area contributed by atoms with Gasteiger partial charge in [0.25, 0.3) is 17.4 Å². The molecule has 2 N–H and O–H groups in total. The molecule has 1 aliphatic rings. The van der Waals surface area contributed by atoms with Gasteiger partial charge in [0.05, 0.1) is 29.1 Å². The number of aromatic carboxylic acids is 1. The number of anilines is 1. The molecule has 40 heavy (non-hydrogen) atoms. The maximum atomic E-state index is 13.6. The monoisotopic (exact) mass is 546 g/mol. The van der Waals surface area contributed by atoms with Crippen LogP contribution in [0.15, 0.2) is 65.5 Å². The Morgan fingerprint density at radius 2 is 1.80 bits per heavy atom. The zero-order valence-electron chi connectivity index (χ0n) is 22.2. The lowest BCUT2D eigenvalue weighted by molar-refractivity contribution is 0.0120. The van der Waals surface area contributed by atoms with E-state index in [0.29, 0.717) is 28.0 Å². The van der Waals surface area contributed by atoms with Gasteiger partial charge in [-0.05, 0) is 49.7 Å². The van der Waals surface area contributed by atoms with Gasteiger partial charge in [-0.1, -0.05) is 30.3 Å². The number of alkyl halides is 2. The van der Waals surface area contributed by atoms with Gasteiger partial charge < -0.3 is 15.3 Å². The fourth-order valence-corrected chi connectivity index (χ4v) is 5.10. The Hall–Kier alpha value is -4.60. The number of carbonyl (C=O) groups is 2. The van der Waals surface area contributed by atoms with Crippen LogP contribution >= 0.6 is 0 Å². The largest absolute Gasteiger partial charge is 0.478 e. The van der Waals surface area contributed by atoms with E-state index < -0.39 is 30.4 Å². The molecule has 1 amide bonds. The van der Waals surface area contributed by atoms with E-state index in [2.05, 4.69) is 5.32 Å². The molecule has 8 nitrogen and oxygen atoms in total. The number of amides is 1. The molecule has 0 spiro atoms. The third-order valence-corrected chi connectivity index (χ3v) is 7.20. The molecule has 4 aromatic rings. The highest BCUT2D eigenvalue weighted by molar-refractivity contribution is 5.95. The summed E-state index contributed by atoms with van der Waals surface area (Å²) in [5, 5.41) is 13.2. The lowest BCUT2D eigenvalue weighted by Crippen LogP contribution is -2.31. The van der Waals surface area contributed by atoms with Crippen LogP contribution in [0.25, 0.3) is 22.3 Å². The number of benzene rings is 3. The predicted octanol–water partition coefficient (Wildman–Crippen LogP) is 5.26. The average Bonchev–Trinajstić information content (AvgIpc) is 3.30. The van der Waals surface area contributed by atoms with Gasteiger partial charge >= 0.3 is 5.97 Å². The molecule has 0 aliphatic carbocycles. The van der Waals surface area contributed by atoms with Crippen molar-refractivity contribution < 1.29 is 23.5 Å². The Kier molecular flexibility index (Phi) is 6.87. The highest BCUT2D eigenvalue weighted by Crippen LogP contribution is 2.30. The van der Waals surface area contributed by atoms with Gasteiger partial charge in [0.15, 0.2) is 0 Å². The average molecular weight is 547 g/mol. The second kappa shape index (κ2) is 10.2. The van der Waals surface area contributed by atoms with E-state index >= 15 is 0 Å². The minimum atomic E-state index is -2.87. The van der Waals surface area contributed by atoms with Crippen molar-refractivity contribution in [2.75, 3.05) is 18.4 Å². The molecule has 1 saturated heterocycles. The van der Waals surface area contributed by atoms with Crippen LogP contribution in [0.4, 0.5) is 14.5 Å². The Balaban J connectivity index is 1.53. The van der Waals surface area contributed by atoms with Crippen molar-refractivity contribution in [1.82, 2.24) is 14.5 Å². The number of likely N-dealkylation sites (tertiary alicyclic amines) is 1. The van der Waals surface area contributed by atoms with E-state index in [1.54, 1.807) is 55.6 Å². The molecule has 206 valence electrons. The lowest BCUT2D eigenvalue weighted by atomic mass is 10.00. The molecule has 0 bridgehead atoms. The van der Waals surface area contributed by atoms with Crippen LogP contribution in [0.5, 0.6) is 0 Å². The van der Waals surface area contributed by atoms with E-state index in [-0.39, 0.29) is 29.7 Å². The number of carboxylic acids is 1. The standard InChI is InChI=1S/C30H28F2N4O4/c1-17-14-22(18(2)33-24-7-5-4-6-21(24)29(39)40)25-23(15-17)28(38)35(3)26(34-25)19-8-10-20(11-9-19)27(37)36-13-12-30(31,32)16-36/h4-11,14-15,18,33H,12-13,16H2,1-3H3,(H,39,40)/t18-/m1/s1. The third kappa shape index (κ3) is 5.04. The van der Waals surface area contributed by atoms with Crippen LogP contribution in [0.1, 0.15) is 51.2 Å². The Morgan fingerprint density at radius 3 is 2.45 bits per heavy atom. The van der Waals surface area contributed by atoms with Crippen molar-refractivity contribution in [3.8, 4) is 11.4 Å². The summed E-state index contributed by atoms with van der Waals surface area (Å²) in [6, 6.07) is 16.3. The number of nitrogens with zero attached hydrogens (tertiary/aromatic N) is 3. The quantitative estimate of drug-likeness (QED) is 0.342. The van der Waals surface area contributed by atoms with E-state index in [1.807, 2.05) is 19.9 Å². The number of aromatic nitrogens is 2. The minimum Gasteiger partial charge on any atom is -0.478 e. The summed E-state index contributed by atoms with van der Waals surface area (Å²) in [6.07, 6.45) is -0.350. The van der Waals surface area contributed by atoms with Crippen molar-refractivity contribution >= 4 is 28.5 Å². The molecule has 2 heterocycles. The number of aryl methyl sites for hydroxylation is 1. The highest BCUT2D eigenvalue weighted by atomic mass is 19.3. The number of rotatable bonds is 6. The van der Waals surface area contributed by atoms with Gasteiger partial charge in [0.2, 0.25) is 0 Å². The molecule has 1 aliphatic heterocycles. The second-order valence-electron chi connectivity index (χ2n) is 10.2. The highest BCUT2D eigenvalue weighted by Gasteiger charge is 2.40. The number of carbonyl (C=O) groups excluding carboxylic acids is 1. The summed E-state index contributed by atoms with van der Waals surface area (Å²) in [4.78, 5) is 43.9. The first-order chi connectivity index (χ1) is 18.9. The number of hydrogen-bond acceptors (Lipinski definition) is 5. The summed E-state index contributed by atoms with van der Waals surface area (Å²) in [7, 11) is 1.61.